The van der Waals surface area contributed by atoms with Gasteiger partial charge >= 0.3 is 47.9 Å². The molecule has 0 aromatic rings. The van der Waals surface area contributed by atoms with Gasteiger partial charge in [-0.05, 0) is 0 Å². The maximum Gasteiger partial charge on any atom is 0.457 e. The van der Waals surface area contributed by atoms with Crippen molar-refractivity contribution < 1.29 is 76.5 Å². The first-order valence-corrected chi connectivity index (χ1v) is 5.00. The SMILES string of the molecule is O=C(O)C(=O)C(F)(OC(F)(F)C(F)(C(F)(F)F)C(F)(F)F)C(F)(F)F. The Kier molecular flexibility index (Phi) is 5.45. The van der Waals surface area contributed by atoms with Gasteiger partial charge in [0.1, 0.15) is 0 Å². The first kappa shape index (κ1) is 23.2. The Morgan fingerprint density at radius 2 is 0.960 bits per heavy atom. The van der Waals surface area contributed by atoms with Gasteiger partial charge in [0.15, 0.2) is 0 Å². The highest BCUT2D eigenvalue weighted by atomic mass is 19.4. The van der Waals surface area contributed by atoms with Gasteiger partial charge in [-0.3, -0.25) is 9.53 Å². The molecule has 1 atom stereocenters. The minimum Gasteiger partial charge on any atom is -0.475 e. The maximum atomic E-state index is 13.3. The van der Waals surface area contributed by atoms with Crippen molar-refractivity contribution in [1.82, 2.24) is 0 Å². The highest BCUT2D eigenvalue weighted by Crippen LogP contribution is 2.57. The minimum atomic E-state index is -7.92. The Bertz CT molecular complexity index is 530. The number of hydrogen-bond donors (Lipinski definition) is 1. The number of halogens is 13. The third-order valence-corrected chi connectivity index (χ3v) is 2.30. The van der Waals surface area contributed by atoms with Crippen LogP contribution in [-0.2, 0) is 14.3 Å². The second-order valence-corrected chi connectivity index (χ2v) is 4.00. The summed E-state index contributed by atoms with van der Waals surface area (Å²) >= 11 is 0. The van der Waals surface area contributed by atoms with Crippen LogP contribution in [0.15, 0.2) is 0 Å². The zero-order valence-corrected chi connectivity index (χ0v) is 10.6. The molecule has 4 nitrogen and oxygen atoms in total. The van der Waals surface area contributed by atoms with E-state index in [9.17, 15) is 66.7 Å². The zero-order chi connectivity index (χ0) is 20.9. The normalized spacial score (nSPS) is 17.2. The number of carboxylic acid groups (broad SMARTS) is 1. The molecule has 0 spiro atoms. The Hall–Kier alpha value is -1.81. The Morgan fingerprint density at radius 1 is 0.640 bits per heavy atom. The van der Waals surface area contributed by atoms with Crippen molar-refractivity contribution in [2.75, 3.05) is 0 Å². The first-order valence-electron chi connectivity index (χ1n) is 5.00. The van der Waals surface area contributed by atoms with E-state index in [1.54, 1.807) is 4.74 Å². The fourth-order valence-corrected chi connectivity index (χ4v) is 1.11. The zero-order valence-electron chi connectivity index (χ0n) is 10.6. The first-order chi connectivity index (χ1) is 10.6. The van der Waals surface area contributed by atoms with Crippen LogP contribution >= 0.6 is 0 Å². The molecule has 0 radical (unpaired) electrons. The molecule has 0 aliphatic rings. The molecule has 0 fully saturated rings. The molecule has 0 heterocycles. The molecular formula is C8HF13O4. The lowest BCUT2D eigenvalue weighted by atomic mass is 10.0. The number of carbonyl (C=O) groups excluding carboxylic acids is 1. The van der Waals surface area contributed by atoms with E-state index in [0.29, 0.717) is 0 Å². The lowest BCUT2D eigenvalue weighted by Crippen LogP contribution is -2.69. The van der Waals surface area contributed by atoms with E-state index in [1.165, 1.54) is 0 Å². The third-order valence-electron chi connectivity index (χ3n) is 2.30. The monoisotopic (exact) mass is 408 g/mol. The number of ketones is 1. The van der Waals surface area contributed by atoms with Crippen molar-refractivity contribution >= 4 is 11.8 Å². The second kappa shape index (κ2) is 5.87. The number of carbonyl (C=O) groups is 2. The molecule has 0 bridgehead atoms. The summed E-state index contributed by atoms with van der Waals surface area (Å²) in [6, 6.07) is 0. The molecule has 148 valence electrons. The van der Waals surface area contributed by atoms with Gasteiger partial charge in [0.2, 0.25) is 0 Å². The van der Waals surface area contributed by atoms with Crippen LogP contribution in [0.5, 0.6) is 0 Å². The molecule has 1 unspecified atom stereocenters. The van der Waals surface area contributed by atoms with Gasteiger partial charge in [-0.15, -0.1) is 0 Å². The number of rotatable bonds is 5. The van der Waals surface area contributed by atoms with Gasteiger partial charge in [-0.2, -0.15) is 52.7 Å². The number of aliphatic carboxylic acids is 1. The number of Topliss-reactive ketones (excluding diaryl/α,β-unsaturated/α-hetero) is 1. The predicted octanol–water partition coefficient (Wildman–Crippen LogP) is 3.31. The van der Waals surface area contributed by atoms with Crippen molar-refractivity contribution in [2.24, 2.45) is 0 Å². The van der Waals surface area contributed by atoms with Gasteiger partial charge < -0.3 is 5.11 Å². The summed E-state index contributed by atoms with van der Waals surface area (Å²) in [7, 11) is 0. The van der Waals surface area contributed by atoms with E-state index in [1.807, 2.05) is 0 Å². The van der Waals surface area contributed by atoms with Crippen molar-refractivity contribution in [3.05, 3.63) is 0 Å². The smallest absolute Gasteiger partial charge is 0.457 e. The molecule has 0 rings (SSSR count). The average molecular weight is 408 g/mol. The highest BCUT2D eigenvalue weighted by Gasteiger charge is 2.88. The van der Waals surface area contributed by atoms with Crippen LogP contribution in [-0.4, -0.2) is 53.0 Å². The Labute approximate surface area is 126 Å². The summed E-state index contributed by atoms with van der Waals surface area (Å²) in [5, 5.41) is 7.85. The summed E-state index contributed by atoms with van der Waals surface area (Å²) in [6.45, 7) is 0. The van der Waals surface area contributed by atoms with E-state index >= 15 is 0 Å². The van der Waals surface area contributed by atoms with Crippen molar-refractivity contribution in [3.8, 4) is 0 Å². The van der Waals surface area contributed by atoms with Gasteiger partial charge in [-0.25, -0.2) is 9.18 Å². The molecule has 1 N–H and O–H groups in total. The Balaban J connectivity index is 6.49. The van der Waals surface area contributed by atoms with Crippen LogP contribution in [0.4, 0.5) is 57.1 Å². The lowest BCUT2D eigenvalue weighted by Gasteiger charge is -2.38. The lowest BCUT2D eigenvalue weighted by molar-refractivity contribution is -0.485. The third kappa shape index (κ3) is 3.59. The van der Waals surface area contributed by atoms with E-state index in [4.69, 9.17) is 5.11 Å². The summed E-state index contributed by atoms with van der Waals surface area (Å²) in [6.07, 6.45) is -30.4. The molecule has 25 heavy (non-hydrogen) atoms. The van der Waals surface area contributed by atoms with Crippen LogP contribution in [0.25, 0.3) is 0 Å². The molecule has 0 saturated heterocycles. The molecular weight excluding hydrogens is 407 g/mol. The average Bonchev–Trinajstić information content (AvgIpc) is 2.31. The van der Waals surface area contributed by atoms with Crippen molar-refractivity contribution in [3.63, 3.8) is 0 Å². The van der Waals surface area contributed by atoms with Crippen molar-refractivity contribution in [2.45, 2.75) is 36.2 Å². The van der Waals surface area contributed by atoms with Crippen LogP contribution in [0.3, 0.4) is 0 Å². The van der Waals surface area contributed by atoms with Gasteiger partial charge in [0.25, 0.3) is 0 Å². The van der Waals surface area contributed by atoms with Crippen molar-refractivity contribution in [1.29, 1.82) is 0 Å². The molecule has 0 saturated carbocycles. The maximum absolute atomic E-state index is 13.3. The summed E-state index contributed by atoms with van der Waals surface area (Å²) in [5.74, 6) is -14.6. The fourth-order valence-electron chi connectivity index (χ4n) is 1.11. The number of alkyl halides is 13. The largest absolute Gasteiger partial charge is 0.475 e. The topological polar surface area (TPSA) is 63.6 Å². The predicted molar refractivity (Wildman–Crippen MR) is 44.5 cm³/mol. The summed E-state index contributed by atoms with van der Waals surface area (Å²) in [4.78, 5) is 20.4. The molecule has 0 aromatic carbocycles. The number of carboxylic acids is 1. The number of ether oxygens (including phenoxy) is 1. The minimum absolute atomic E-state index is 1.56. The highest BCUT2D eigenvalue weighted by molar-refractivity contribution is 6.35. The van der Waals surface area contributed by atoms with Gasteiger partial charge in [-0.1, -0.05) is 0 Å². The van der Waals surface area contributed by atoms with Gasteiger partial charge in [0, 0.05) is 0 Å². The molecule has 0 aliphatic carbocycles. The Morgan fingerprint density at radius 3 is 1.16 bits per heavy atom. The number of hydrogen-bond acceptors (Lipinski definition) is 3. The summed E-state index contributed by atoms with van der Waals surface area (Å²) in [5.41, 5.74) is -7.92. The quantitative estimate of drug-likeness (QED) is 0.560. The van der Waals surface area contributed by atoms with E-state index in [2.05, 4.69) is 0 Å². The molecule has 0 amide bonds. The van der Waals surface area contributed by atoms with E-state index in [-0.39, 0.29) is 0 Å². The van der Waals surface area contributed by atoms with Gasteiger partial charge in [0.05, 0.1) is 0 Å². The molecule has 0 aromatic heterocycles. The van der Waals surface area contributed by atoms with Crippen LogP contribution in [0.1, 0.15) is 0 Å². The van der Waals surface area contributed by atoms with E-state index in [0.717, 1.165) is 0 Å². The standard InChI is InChI=1S/C8HF13O4/c9-3(5(11,12)13,1(22)2(23)24)25-8(20,21)4(10,6(14,15)16)7(17,18)19/h(H,23,24). The van der Waals surface area contributed by atoms with Crippen LogP contribution in [0.2, 0.25) is 0 Å². The van der Waals surface area contributed by atoms with Crippen LogP contribution in [0, 0.1) is 0 Å². The fraction of sp³-hybridized carbons (Fsp3) is 0.750. The molecule has 17 heteroatoms. The van der Waals surface area contributed by atoms with E-state index < -0.39 is 47.9 Å². The summed E-state index contributed by atoms with van der Waals surface area (Å²) < 4.78 is 163. The molecule has 0 aliphatic heterocycles. The second-order valence-electron chi connectivity index (χ2n) is 4.00. The van der Waals surface area contributed by atoms with Crippen LogP contribution < -0.4 is 0 Å².